The predicted molar refractivity (Wildman–Crippen MR) is 66.0 cm³/mol. The Morgan fingerprint density at radius 3 is 2.88 bits per heavy atom. The van der Waals surface area contributed by atoms with Crippen LogP contribution in [-0.2, 0) is 0 Å². The Labute approximate surface area is 95.9 Å². The lowest BCUT2D eigenvalue weighted by Crippen LogP contribution is -2.31. The molecule has 1 heterocycles. The molecule has 0 aliphatic rings. The molecule has 1 unspecified atom stereocenters. The zero-order valence-electron chi connectivity index (χ0n) is 10.4. The number of hydrogen-bond donors (Lipinski definition) is 2. The highest BCUT2D eigenvalue weighted by Gasteiger charge is 2.08. The Kier molecular flexibility index (Phi) is 4.49. The van der Waals surface area contributed by atoms with Crippen LogP contribution in [0.1, 0.15) is 12.7 Å². The van der Waals surface area contributed by atoms with Crippen molar-refractivity contribution in [1.82, 2.24) is 15.3 Å². The number of aromatic amines is 1. The first-order valence-electron chi connectivity index (χ1n) is 5.46. The SMILES string of the molecule is CNCC(C)CN(C)c1cc(=O)[nH]c(C)n1. The summed E-state index contributed by atoms with van der Waals surface area (Å²) in [5, 5.41) is 3.13. The Bertz CT molecular complexity index is 388. The van der Waals surface area contributed by atoms with Gasteiger partial charge >= 0.3 is 0 Å². The number of anilines is 1. The average molecular weight is 224 g/mol. The van der Waals surface area contributed by atoms with E-state index in [9.17, 15) is 4.79 Å². The van der Waals surface area contributed by atoms with Crippen molar-refractivity contribution in [3.8, 4) is 0 Å². The second-order valence-corrected chi connectivity index (χ2v) is 4.23. The van der Waals surface area contributed by atoms with E-state index in [0.717, 1.165) is 18.9 Å². The van der Waals surface area contributed by atoms with Crippen LogP contribution >= 0.6 is 0 Å². The van der Waals surface area contributed by atoms with E-state index in [2.05, 4.69) is 22.2 Å². The summed E-state index contributed by atoms with van der Waals surface area (Å²) in [4.78, 5) is 20.2. The van der Waals surface area contributed by atoms with Crippen LogP contribution in [0.4, 0.5) is 5.82 Å². The lowest BCUT2D eigenvalue weighted by atomic mass is 10.1. The minimum Gasteiger partial charge on any atom is -0.359 e. The van der Waals surface area contributed by atoms with Crippen molar-refractivity contribution >= 4 is 5.82 Å². The Morgan fingerprint density at radius 1 is 1.62 bits per heavy atom. The number of hydrogen-bond acceptors (Lipinski definition) is 4. The van der Waals surface area contributed by atoms with Crippen molar-refractivity contribution in [2.24, 2.45) is 5.92 Å². The first-order valence-corrected chi connectivity index (χ1v) is 5.46. The Morgan fingerprint density at radius 2 is 2.31 bits per heavy atom. The normalized spacial score (nSPS) is 12.5. The second kappa shape index (κ2) is 5.65. The van der Waals surface area contributed by atoms with E-state index in [1.165, 1.54) is 6.07 Å². The van der Waals surface area contributed by atoms with Crippen LogP contribution < -0.4 is 15.8 Å². The fourth-order valence-corrected chi connectivity index (χ4v) is 1.73. The fourth-order valence-electron chi connectivity index (χ4n) is 1.73. The monoisotopic (exact) mass is 224 g/mol. The van der Waals surface area contributed by atoms with Gasteiger partial charge in [-0.1, -0.05) is 6.92 Å². The van der Waals surface area contributed by atoms with Crippen LogP contribution in [0.5, 0.6) is 0 Å². The molecular weight excluding hydrogens is 204 g/mol. The third-order valence-electron chi connectivity index (χ3n) is 2.38. The van der Waals surface area contributed by atoms with Gasteiger partial charge in [0.05, 0.1) is 0 Å². The summed E-state index contributed by atoms with van der Waals surface area (Å²) >= 11 is 0. The number of nitrogens with one attached hydrogen (secondary N) is 2. The van der Waals surface area contributed by atoms with Crippen molar-refractivity contribution in [2.75, 3.05) is 32.1 Å². The third kappa shape index (κ3) is 3.66. The largest absolute Gasteiger partial charge is 0.359 e. The van der Waals surface area contributed by atoms with Gasteiger partial charge < -0.3 is 15.2 Å². The second-order valence-electron chi connectivity index (χ2n) is 4.23. The van der Waals surface area contributed by atoms with Crippen molar-refractivity contribution in [1.29, 1.82) is 0 Å². The zero-order chi connectivity index (χ0) is 12.1. The van der Waals surface area contributed by atoms with Gasteiger partial charge in [0, 0.05) is 19.7 Å². The van der Waals surface area contributed by atoms with Crippen LogP contribution in [0.15, 0.2) is 10.9 Å². The van der Waals surface area contributed by atoms with Gasteiger partial charge in [0.1, 0.15) is 11.6 Å². The highest BCUT2D eigenvalue weighted by atomic mass is 16.1. The van der Waals surface area contributed by atoms with Gasteiger partial charge in [-0.3, -0.25) is 4.79 Å². The molecule has 0 aliphatic heterocycles. The lowest BCUT2D eigenvalue weighted by Gasteiger charge is -2.22. The lowest BCUT2D eigenvalue weighted by molar-refractivity contribution is 0.540. The van der Waals surface area contributed by atoms with Crippen LogP contribution in [0.25, 0.3) is 0 Å². The average Bonchev–Trinajstić information content (AvgIpc) is 2.16. The van der Waals surface area contributed by atoms with E-state index in [4.69, 9.17) is 0 Å². The number of aromatic nitrogens is 2. The fraction of sp³-hybridized carbons (Fsp3) is 0.636. The molecular formula is C11H20N4O. The number of nitrogens with zero attached hydrogens (tertiary/aromatic N) is 2. The van der Waals surface area contributed by atoms with Gasteiger partial charge in [0.15, 0.2) is 0 Å². The van der Waals surface area contributed by atoms with Crippen LogP contribution in [0, 0.1) is 12.8 Å². The molecule has 5 heteroatoms. The minimum atomic E-state index is -0.101. The van der Waals surface area contributed by atoms with E-state index < -0.39 is 0 Å². The van der Waals surface area contributed by atoms with E-state index in [0.29, 0.717) is 11.7 Å². The molecule has 0 aliphatic carbocycles. The molecule has 1 rings (SSSR count). The van der Waals surface area contributed by atoms with Gasteiger partial charge in [-0.05, 0) is 26.4 Å². The quantitative estimate of drug-likeness (QED) is 0.758. The van der Waals surface area contributed by atoms with Crippen molar-refractivity contribution in [2.45, 2.75) is 13.8 Å². The first-order chi connectivity index (χ1) is 7.52. The molecule has 1 aromatic rings. The molecule has 0 bridgehead atoms. The summed E-state index contributed by atoms with van der Waals surface area (Å²) in [6, 6.07) is 1.53. The minimum absolute atomic E-state index is 0.101. The smallest absolute Gasteiger partial charge is 0.252 e. The Balaban J connectivity index is 2.72. The van der Waals surface area contributed by atoms with E-state index in [1.54, 1.807) is 6.92 Å². The highest BCUT2D eigenvalue weighted by molar-refractivity contribution is 5.36. The molecule has 0 radical (unpaired) electrons. The molecule has 0 fully saturated rings. The molecule has 16 heavy (non-hydrogen) atoms. The van der Waals surface area contributed by atoms with Crippen LogP contribution in [0.2, 0.25) is 0 Å². The molecule has 1 aromatic heterocycles. The molecule has 0 amide bonds. The molecule has 2 N–H and O–H groups in total. The van der Waals surface area contributed by atoms with Gasteiger partial charge in [-0.2, -0.15) is 0 Å². The molecule has 1 atom stereocenters. The topological polar surface area (TPSA) is 61.0 Å². The van der Waals surface area contributed by atoms with E-state index in [1.807, 2.05) is 19.0 Å². The summed E-state index contributed by atoms with van der Waals surface area (Å²) in [7, 11) is 3.89. The maximum absolute atomic E-state index is 11.3. The summed E-state index contributed by atoms with van der Waals surface area (Å²) in [5.41, 5.74) is -0.101. The molecule has 0 saturated heterocycles. The summed E-state index contributed by atoms with van der Waals surface area (Å²) in [6.07, 6.45) is 0. The summed E-state index contributed by atoms with van der Waals surface area (Å²) in [5.74, 6) is 1.89. The molecule has 0 saturated carbocycles. The standard InChI is InChI=1S/C11H20N4O/c1-8(6-12-3)7-15(4)10-5-11(16)14-9(2)13-10/h5,8,12H,6-7H2,1-4H3,(H,13,14,16). The van der Waals surface area contributed by atoms with Crippen molar-refractivity contribution < 1.29 is 0 Å². The van der Waals surface area contributed by atoms with E-state index in [-0.39, 0.29) is 5.56 Å². The maximum atomic E-state index is 11.3. The van der Waals surface area contributed by atoms with Gasteiger partial charge in [0.2, 0.25) is 0 Å². The summed E-state index contributed by atoms with van der Waals surface area (Å²) in [6.45, 7) is 5.77. The molecule has 0 aromatic carbocycles. The third-order valence-corrected chi connectivity index (χ3v) is 2.38. The molecule has 90 valence electrons. The summed E-state index contributed by atoms with van der Waals surface area (Å²) < 4.78 is 0. The molecule has 5 nitrogen and oxygen atoms in total. The zero-order valence-corrected chi connectivity index (χ0v) is 10.4. The highest BCUT2D eigenvalue weighted by Crippen LogP contribution is 2.07. The first kappa shape index (κ1) is 12.7. The van der Waals surface area contributed by atoms with Gasteiger partial charge in [0.25, 0.3) is 5.56 Å². The van der Waals surface area contributed by atoms with Crippen LogP contribution in [0.3, 0.4) is 0 Å². The van der Waals surface area contributed by atoms with Gasteiger partial charge in [-0.15, -0.1) is 0 Å². The number of aryl methyl sites for hydroxylation is 1. The molecule has 0 spiro atoms. The maximum Gasteiger partial charge on any atom is 0.252 e. The number of H-pyrrole nitrogens is 1. The Hall–Kier alpha value is -1.36. The van der Waals surface area contributed by atoms with Crippen molar-refractivity contribution in [3.63, 3.8) is 0 Å². The van der Waals surface area contributed by atoms with Gasteiger partial charge in [-0.25, -0.2) is 4.98 Å². The van der Waals surface area contributed by atoms with Crippen molar-refractivity contribution in [3.05, 3.63) is 22.2 Å². The van der Waals surface area contributed by atoms with E-state index >= 15 is 0 Å². The van der Waals surface area contributed by atoms with Crippen LogP contribution in [-0.4, -0.2) is 37.2 Å². The number of rotatable bonds is 5. The predicted octanol–water partition coefficient (Wildman–Crippen LogP) is 0.370.